The molecular weight excluding hydrogens is 236 g/mol. The molecule has 1 amide bonds. The van der Waals surface area contributed by atoms with Crippen molar-refractivity contribution < 1.29 is 4.79 Å². The van der Waals surface area contributed by atoms with Crippen LogP contribution in [0.1, 0.15) is 52.9 Å². The lowest BCUT2D eigenvalue weighted by Gasteiger charge is -2.32. The lowest BCUT2D eigenvalue weighted by atomic mass is 9.85. The maximum absolute atomic E-state index is 12.5. The Bertz CT molecular complexity index is 293. The summed E-state index contributed by atoms with van der Waals surface area (Å²) in [4.78, 5) is 14.6. The summed E-state index contributed by atoms with van der Waals surface area (Å²) in [6, 6.07) is 0.352. The van der Waals surface area contributed by atoms with Gasteiger partial charge in [-0.05, 0) is 70.4 Å². The van der Waals surface area contributed by atoms with E-state index in [1.54, 1.807) is 0 Å². The quantitative estimate of drug-likeness (QED) is 0.801. The van der Waals surface area contributed by atoms with E-state index in [0.717, 1.165) is 32.0 Å². The predicted octanol–water partition coefficient (Wildman–Crippen LogP) is 2.66. The lowest BCUT2D eigenvalue weighted by Crippen LogP contribution is -2.41. The Morgan fingerprint density at radius 2 is 2.00 bits per heavy atom. The minimum absolute atomic E-state index is 0.352. The van der Waals surface area contributed by atoms with Crippen LogP contribution < -0.4 is 5.32 Å². The van der Waals surface area contributed by atoms with Gasteiger partial charge in [-0.1, -0.05) is 6.92 Å². The molecule has 0 bridgehead atoms. The number of piperidine rings is 1. The van der Waals surface area contributed by atoms with Crippen LogP contribution in [0, 0.1) is 17.8 Å². The molecule has 1 aliphatic carbocycles. The van der Waals surface area contributed by atoms with Gasteiger partial charge in [-0.3, -0.25) is 4.79 Å². The topological polar surface area (TPSA) is 32.3 Å². The van der Waals surface area contributed by atoms with Crippen molar-refractivity contribution in [3.05, 3.63) is 0 Å². The zero-order chi connectivity index (χ0) is 13.8. The van der Waals surface area contributed by atoms with Gasteiger partial charge >= 0.3 is 0 Å². The van der Waals surface area contributed by atoms with Crippen molar-refractivity contribution in [2.75, 3.05) is 19.6 Å². The Morgan fingerprint density at radius 3 is 2.53 bits per heavy atom. The van der Waals surface area contributed by atoms with E-state index >= 15 is 0 Å². The minimum atomic E-state index is 0.352. The molecule has 2 rings (SSSR count). The van der Waals surface area contributed by atoms with Crippen molar-refractivity contribution in [3.63, 3.8) is 0 Å². The van der Waals surface area contributed by atoms with Crippen LogP contribution in [-0.2, 0) is 4.79 Å². The van der Waals surface area contributed by atoms with E-state index in [4.69, 9.17) is 0 Å². The van der Waals surface area contributed by atoms with E-state index in [1.807, 2.05) is 0 Å². The highest BCUT2D eigenvalue weighted by Crippen LogP contribution is 2.31. The Labute approximate surface area is 118 Å². The van der Waals surface area contributed by atoms with Crippen molar-refractivity contribution in [2.45, 2.75) is 58.9 Å². The molecule has 0 radical (unpaired) electrons. The third kappa shape index (κ3) is 4.48. The minimum Gasteiger partial charge on any atom is -0.340 e. The SMILES string of the molecule is CC(CC(=O)N(CC1CC1)C(C)C)C1CCCNC1. The van der Waals surface area contributed by atoms with Crippen LogP contribution >= 0.6 is 0 Å². The van der Waals surface area contributed by atoms with E-state index in [9.17, 15) is 4.79 Å². The van der Waals surface area contributed by atoms with Crippen LogP contribution in [0.3, 0.4) is 0 Å². The summed E-state index contributed by atoms with van der Waals surface area (Å²) in [6.45, 7) is 9.78. The normalized spacial score (nSPS) is 25.4. The highest BCUT2D eigenvalue weighted by Gasteiger charge is 2.30. The molecule has 3 nitrogen and oxygen atoms in total. The van der Waals surface area contributed by atoms with Gasteiger partial charge in [-0.25, -0.2) is 0 Å². The summed E-state index contributed by atoms with van der Waals surface area (Å²) in [7, 11) is 0. The average Bonchev–Trinajstić information content (AvgIpc) is 3.20. The smallest absolute Gasteiger partial charge is 0.223 e. The van der Waals surface area contributed by atoms with Crippen molar-refractivity contribution in [3.8, 4) is 0 Å². The highest BCUT2D eigenvalue weighted by molar-refractivity contribution is 5.76. The summed E-state index contributed by atoms with van der Waals surface area (Å²) >= 11 is 0. The zero-order valence-electron chi connectivity index (χ0n) is 12.8. The van der Waals surface area contributed by atoms with Crippen LogP contribution in [-0.4, -0.2) is 36.5 Å². The van der Waals surface area contributed by atoms with Crippen molar-refractivity contribution in [2.24, 2.45) is 17.8 Å². The van der Waals surface area contributed by atoms with Gasteiger partial charge in [0.1, 0.15) is 0 Å². The summed E-state index contributed by atoms with van der Waals surface area (Å²) < 4.78 is 0. The Kier molecular flexibility index (Phi) is 5.26. The molecule has 1 saturated heterocycles. The molecule has 2 atom stereocenters. The van der Waals surface area contributed by atoms with Gasteiger partial charge in [-0.2, -0.15) is 0 Å². The number of amides is 1. The number of hydrogen-bond acceptors (Lipinski definition) is 2. The van der Waals surface area contributed by atoms with E-state index in [1.165, 1.54) is 25.7 Å². The molecule has 2 aliphatic rings. The third-order valence-corrected chi connectivity index (χ3v) is 4.73. The van der Waals surface area contributed by atoms with Gasteiger partial charge < -0.3 is 10.2 Å². The average molecular weight is 266 g/mol. The molecular formula is C16H30N2O. The van der Waals surface area contributed by atoms with Gasteiger partial charge in [0.05, 0.1) is 0 Å². The number of rotatable bonds is 6. The fourth-order valence-electron chi connectivity index (χ4n) is 3.10. The van der Waals surface area contributed by atoms with Crippen molar-refractivity contribution in [1.29, 1.82) is 0 Å². The van der Waals surface area contributed by atoms with Gasteiger partial charge in [0.2, 0.25) is 5.91 Å². The molecule has 2 unspecified atom stereocenters. The largest absolute Gasteiger partial charge is 0.340 e. The summed E-state index contributed by atoms with van der Waals surface area (Å²) in [5.74, 6) is 2.37. The highest BCUT2D eigenvalue weighted by atomic mass is 16.2. The molecule has 110 valence electrons. The Balaban J connectivity index is 1.82. The molecule has 1 saturated carbocycles. The van der Waals surface area contributed by atoms with Crippen LogP contribution in [0.2, 0.25) is 0 Å². The Hall–Kier alpha value is -0.570. The van der Waals surface area contributed by atoms with E-state index in [0.29, 0.717) is 23.8 Å². The van der Waals surface area contributed by atoms with E-state index in [2.05, 4.69) is 31.0 Å². The third-order valence-electron chi connectivity index (χ3n) is 4.73. The molecule has 0 aromatic carbocycles. The number of hydrogen-bond donors (Lipinski definition) is 1. The maximum Gasteiger partial charge on any atom is 0.223 e. The fourth-order valence-corrected chi connectivity index (χ4v) is 3.10. The van der Waals surface area contributed by atoms with Crippen LogP contribution in [0.15, 0.2) is 0 Å². The first-order valence-corrected chi connectivity index (χ1v) is 8.08. The molecule has 1 heterocycles. The molecule has 3 heteroatoms. The fraction of sp³-hybridized carbons (Fsp3) is 0.938. The monoisotopic (exact) mass is 266 g/mol. The van der Waals surface area contributed by atoms with E-state index < -0.39 is 0 Å². The van der Waals surface area contributed by atoms with Crippen LogP contribution in [0.5, 0.6) is 0 Å². The number of carbonyl (C=O) groups is 1. The van der Waals surface area contributed by atoms with Gasteiger partial charge in [0.15, 0.2) is 0 Å². The maximum atomic E-state index is 12.5. The summed E-state index contributed by atoms with van der Waals surface area (Å²) in [6.07, 6.45) is 5.92. The molecule has 19 heavy (non-hydrogen) atoms. The van der Waals surface area contributed by atoms with Gasteiger partial charge in [0, 0.05) is 19.0 Å². The molecule has 1 N–H and O–H groups in total. The van der Waals surface area contributed by atoms with Gasteiger partial charge in [-0.15, -0.1) is 0 Å². The van der Waals surface area contributed by atoms with Crippen LogP contribution in [0.4, 0.5) is 0 Å². The van der Waals surface area contributed by atoms with E-state index in [-0.39, 0.29) is 0 Å². The molecule has 0 aromatic rings. The molecule has 2 fully saturated rings. The second-order valence-electron chi connectivity index (χ2n) is 6.87. The van der Waals surface area contributed by atoms with Crippen LogP contribution in [0.25, 0.3) is 0 Å². The molecule has 0 aromatic heterocycles. The second kappa shape index (κ2) is 6.74. The summed E-state index contributed by atoms with van der Waals surface area (Å²) in [5.41, 5.74) is 0. The number of nitrogens with zero attached hydrogens (tertiary/aromatic N) is 1. The molecule has 1 aliphatic heterocycles. The molecule has 0 spiro atoms. The zero-order valence-corrected chi connectivity index (χ0v) is 12.8. The van der Waals surface area contributed by atoms with Crippen molar-refractivity contribution in [1.82, 2.24) is 10.2 Å². The first kappa shape index (κ1) is 14.8. The number of carbonyl (C=O) groups excluding carboxylic acids is 1. The standard InChI is InChI=1S/C16H30N2O/c1-12(2)18(11-14-6-7-14)16(19)9-13(3)15-5-4-8-17-10-15/h12-15,17H,4-11H2,1-3H3. The summed E-state index contributed by atoms with van der Waals surface area (Å²) in [5, 5.41) is 3.46. The van der Waals surface area contributed by atoms with Crippen molar-refractivity contribution >= 4 is 5.91 Å². The second-order valence-corrected chi connectivity index (χ2v) is 6.87. The Morgan fingerprint density at radius 1 is 1.26 bits per heavy atom. The number of nitrogens with one attached hydrogen (secondary N) is 1. The first-order valence-electron chi connectivity index (χ1n) is 8.08. The van der Waals surface area contributed by atoms with Gasteiger partial charge in [0.25, 0.3) is 0 Å². The first-order chi connectivity index (χ1) is 9.08. The predicted molar refractivity (Wildman–Crippen MR) is 78.9 cm³/mol. The lowest BCUT2D eigenvalue weighted by molar-refractivity contribution is -0.134.